The van der Waals surface area contributed by atoms with Crippen LogP contribution in [-0.4, -0.2) is 29.5 Å². The zero-order valence-corrected chi connectivity index (χ0v) is 10.2. The maximum absolute atomic E-state index is 12.3. The number of carbonyl (C=O) groups excluding carboxylic acids is 2. The van der Waals surface area contributed by atoms with Gasteiger partial charge in [0.05, 0.1) is 0 Å². The van der Waals surface area contributed by atoms with Gasteiger partial charge in [0.25, 0.3) is 0 Å². The SMILES string of the molecule is CN1C(=O)[C@@](C)(c2ccccc2)[C@@]12C=CC(=O)O2. The smallest absolute Gasteiger partial charge is 0.333 e. The topological polar surface area (TPSA) is 46.6 Å². The number of hydrogen-bond acceptors (Lipinski definition) is 3. The van der Waals surface area contributed by atoms with E-state index in [0.717, 1.165) is 5.56 Å². The second-order valence-electron chi connectivity index (χ2n) is 4.81. The summed E-state index contributed by atoms with van der Waals surface area (Å²) in [5, 5.41) is 0. The summed E-state index contributed by atoms with van der Waals surface area (Å²) >= 11 is 0. The van der Waals surface area contributed by atoms with Crippen LogP contribution in [0.5, 0.6) is 0 Å². The van der Waals surface area contributed by atoms with E-state index in [0.29, 0.717) is 0 Å². The van der Waals surface area contributed by atoms with E-state index < -0.39 is 17.1 Å². The van der Waals surface area contributed by atoms with Gasteiger partial charge in [-0.15, -0.1) is 0 Å². The Labute approximate surface area is 105 Å². The normalized spacial score (nSPS) is 33.8. The molecule has 2 aliphatic rings. The molecule has 0 N–H and O–H groups in total. The summed E-state index contributed by atoms with van der Waals surface area (Å²) in [4.78, 5) is 25.1. The monoisotopic (exact) mass is 243 g/mol. The van der Waals surface area contributed by atoms with Crippen molar-refractivity contribution in [1.82, 2.24) is 4.90 Å². The maximum atomic E-state index is 12.3. The number of esters is 1. The van der Waals surface area contributed by atoms with E-state index in [9.17, 15) is 9.59 Å². The summed E-state index contributed by atoms with van der Waals surface area (Å²) in [6.45, 7) is 1.81. The number of benzene rings is 1. The molecule has 1 amide bonds. The molecule has 0 bridgehead atoms. The minimum atomic E-state index is -0.970. The Balaban J connectivity index is 2.14. The van der Waals surface area contributed by atoms with Crippen LogP contribution < -0.4 is 0 Å². The van der Waals surface area contributed by atoms with E-state index >= 15 is 0 Å². The molecule has 2 heterocycles. The fourth-order valence-corrected chi connectivity index (χ4v) is 2.88. The van der Waals surface area contributed by atoms with Crippen LogP contribution in [0.15, 0.2) is 42.5 Å². The third-order valence-electron chi connectivity index (χ3n) is 4.00. The minimum absolute atomic E-state index is 0.0481. The average Bonchev–Trinajstić information content (AvgIpc) is 2.82. The van der Waals surface area contributed by atoms with Crippen LogP contribution in [0.4, 0.5) is 0 Å². The zero-order valence-electron chi connectivity index (χ0n) is 10.2. The largest absolute Gasteiger partial charge is 0.430 e. The van der Waals surface area contributed by atoms with Crippen LogP contribution in [0.25, 0.3) is 0 Å². The number of likely N-dealkylation sites (N-methyl/N-ethyl adjacent to an activating group) is 1. The van der Waals surface area contributed by atoms with Gasteiger partial charge in [0, 0.05) is 13.1 Å². The molecular formula is C14H13NO3. The Morgan fingerprint density at radius 2 is 1.83 bits per heavy atom. The minimum Gasteiger partial charge on any atom is -0.430 e. The fraction of sp³-hybridized carbons (Fsp3) is 0.286. The number of β-lactam (4-membered cyclic amide) rings is 1. The first-order chi connectivity index (χ1) is 8.52. The predicted octanol–water partition coefficient (Wildman–Crippen LogP) is 1.23. The van der Waals surface area contributed by atoms with Gasteiger partial charge in [-0.3, -0.25) is 4.79 Å². The Bertz CT molecular complexity index is 566. The molecule has 1 fully saturated rings. The summed E-state index contributed by atoms with van der Waals surface area (Å²) in [5.74, 6) is -0.454. The molecular weight excluding hydrogens is 230 g/mol. The van der Waals surface area contributed by atoms with E-state index in [4.69, 9.17) is 4.74 Å². The highest BCUT2D eigenvalue weighted by Crippen LogP contribution is 2.52. The van der Waals surface area contributed by atoms with Crippen LogP contribution in [0.3, 0.4) is 0 Å². The molecule has 92 valence electrons. The molecule has 2 aliphatic heterocycles. The number of hydrogen-bond donors (Lipinski definition) is 0. The third-order valence-corrected chi connectivity index (χ3v) is 4.00. The van der Waals surface area contributed by atoms with Crippen molar-refractivity contribution < 1.29 is 14.3 Å². The number of carbonyl (C=O) groups is 2. The van der Waals surface area contributed by atoms with E-state index in [1.165, 1.54) is 11.0 Å². The van der Waals surface area contributed by atoms with Gasteiger partial charge in [-0.2, -0.15) is 0 Å². The predicted molar refractivity (Wildman–Crippen MR) is 64.5 cm³/mol. The Hall–Kier alpha value is -2.10. The molecule has 1 aromatic carbocycles. The molecule has 0 saturated carbocycles. The van der Waals surface area contributed by atoms with E-state index in [-0.39, 0.29) is 5.91 Å². The van der Waals surface area contributed by atoms with E-state index in [2.05, 4.69) is 0 Å². The van der Waals surface area contributed by atoms with Crippen LogP contribution in [-0.2, 0) is 19.7 Å². The quantitative estimate of drug-likeness (QED) is 0.550. The number of likely N-dealkylation sites (tertiary alicyclic amines) is 1. The third kappa shape index (κ3) is 1.01. The summed E-state index contributed by atoms with van der Waals surface area (Å²) in [7, 11) is 1.65. The van der Waals surface area contributed by atoms with Crippen molar-refractivity contribution in [2.45, 2.75) is 18.1 Å². The molecule has 2 atom stereocenters. The van der Waals surface area contributed by atoms with Gasteiger partial charge in [-0.05, 0) is 18.6 Å². The van der Waals surface area contributed by atoms with Crippen molar-refractivity contribution >= 4 is 11.9 Å². The van der Waals surface area contributed by atoms with E-state index in [1.54, 1.807) is 13.1 Å². The van der Waals surface area contributed by atoms with Gasteiger partial charge >= 0.3 is 5.97 Å². The Kier molecular flexibility index (Phi) is 1.97. The first kappa shape index (κ1) is 11.0. The van der Waals surface area contributed by atoms with E-state index in [1.807, 2.05) is 37.3 Å². The second kappa shape index (κ2) is 3.22. The van der Waals surface area contributed by atoms with Gasteiger partial charge in [-0.1, -0.05) is 30.3 Å². The lowest BCUT2D eigenvalue weighted by molar-refractivity contribution is -0.217. The summed E-state index contributed by atoms with van der Waals surface area (Å²) in [6.07, 6.45) is 3.05. The number of nitrogens with zero attached hydrogens (tertiary/aromatic N) is 1. The van der Waals surface area contributed by atoms with Crippen LogP contribution >= 0.6 is 0 Å². The number of amides is 1. The Morgan fingerprint density at radius 3 is 2.39 bits per heavy atom. The van der Waals surface area contributed by atoms with Crippen molar-refractivity contribution in [2.75, 3.05) is 7.05 Å². The highest BCUT2D eigenvalue weighted by Gasteiger charge is 2.71. The molecule has 0 radical (unpaired) electrons. The number of ether oxygens (including phenoxy) is 1. The van der Waals surface area contributed by atoms with Crippen molar-refractivity contribution in [2.24, 2.45) is 0 Å². The lowest BCUT2D eigenvalue weighted by atomic mass is 9.64. The second-order valence-corrected chi connectivity index (χ2v) is 4.81. The summed E-state index contributed by atoms with van der Waals surface area (Å²) < 4.78 is 5.39. The van der Waals surface area contributed by atoms with Gasteiger partial charge in [-0.25, -0.2) is 4.79 Å². The molecule has 4 nitrogen and oxygen atoms in total. The van der Waals surface area contributed by atoms with Crippen molar-refractivity contribution in [1.29, 1.82) is 0 Å². The van der Waals surface area contributed by atoms with Crippen LogP contribution in [0.2, 0.25) is 0 Å². The zero-order chi connectivity index (χ0) is 13.0. The molecule has 1 saturated heterocycles. The number of rotatable bonds is 1. The molecule has 0 unspecified atom stereocenters. The van der Waals surface area contributed by atoms with Gasteiger partial charge < -0.3 is 9.64 Å². The molecule has 4 heteroatoms. The van der Waals surface area contributed by atoms with Crippen LogP contribution in [0.1, 0.15) is 12.5 Å². The maximum Gasteiger partial charge on any atom is 0.333 e. The summed E-state index contributed by atoms with van der Waals surface area (Å²) in [5.41, 5.74) is -0.957. The lowest BCUT2D eigenvalue weighted by Crippen LogP contribution is -2.77. The molecule has 1 aromatic rings. The first-order valence-corrected chi connectivity index (χ1v) is 5.78. The van der Waals surface area contributed by atoms with Crippen molar-refractivity contribution in [3.8, 4) is 0 Å². The molecule has 3 rings (SSSR count). The molecule has 1 spiro atoms. The average molecular weight is 243 g/mol. The molecule has 18 heavy (non-hydrogen) atoms. The van der Waals surface area contributed by atoms with Crippen LogP contribution in [0, 0.1) is 0 Å². The van der Waals surface area contributed by atoms with Crippen molar-refractivity contribution in [3.63, 3.8) is 0 Å². The highest BCUT2D eigenvalue weighted by atomic mass is 16.6. The first-order valence-electron chi connectivity index (χ1n) is 5.78. The fourth-order valence-electron chi connectivity index (χ4n) is 2.88. The molecule has 0 aliphatic carbocycles. The van der Waals surface area contributed by atoms with Gasteiger partial charge in [0.2, 0.25) is 11.6 Å². The lowest BCUT2D eigenvalue weighted by Gasteiger charge is -2.58. The van der Waals surface area contributed by atoms with Gasteiger partial charge in [0.1, 0.15) is 5.41 Å². The highest BCUT2D eigenvalue weighted by molar-refractivity contribution is 6.00. The molecule has 0 aromatic heterocycles. The standard InChI is InChI=1S/C14H13NO3/c1-13(10-6-4-3-5-7-10)12(17)15(2)14(13)9-8-11(16)18-14/h3-9H,1-2H3/t13-,14+/m1/s1. The van der Waals surface area contributed by atoms with Gasteiger partial charge in [0.15, 0.2) is 0 Å². The summed E-state index contributed by atoms with van der Waals surface area (Å²) in [6, 6.07) is 9.41. The van der Waals surface area contributed by atoms with Crippen molar-refractivity contribution in [3.05, 3.63) is 48.0 Å². The Morgan fingerprint density at radius 1 is 1.17 bits per heavy atom.